The zero-order valence-corrected chi connectivity index (χ0v) is 13.8. The van der Waals surface area contributed by atoms with Gasteiger partial charge in [-0.3, -0.25) is 9.59 Å². The van der Waals surface area contributed by atoms with Crippen LogP contribution in [0.15, 0.2) is 18.3 Å². The van der Waals surface area contributed by atoms with Crippen LogP contribution in [0.1, 0.15) is 22.2 Å². The average Bonchev–Trinajstić information content (AvgIpc) is 2.96. The summed E-state index contributed by atoms with van der Waals surface area (Å²) >= 11 is 7.29. The first-order valence-electron chi connectivity index (χ1n) is 6.87. The monoisotopic (exact) mass is 352 g/mol. The number of nitrogens with one attached hydrogen (secondary N) is 1. The first-order valence-corrected chi connectivity index (χ1v) is 8.07. The van der Waals surface area contributed by atoms with Crippen LogP contribution in [0.4, 0.5) is 5.13 Å². The fourth-order valence-electron chi connectivity index (χ4n) is 2.11. The van der Waals surface area contributed by atoms with Crippen LogP contribution in [-0.2, 0) is 11.2 Å². The number of carbonyl (C=O) groups is 2. The summed E-state index contributed by atoms with van der Waals surface area (Å²) in [4.78, 5) is 27.8. The quantitative estimate of drug-likeness (QED) is 0.856. The number of amides is 1. The molecule has 0 saturated heterocycles. The van der Waals surface area contributed by atoms with E-state index in [1.165, 1.54) is 13.1 Å². The first-order chi connectivity index (χ1) is 11.0. The van der Waals surface area contributed by atoms with E-state index in [9.17, 15) is 9.59 Å². The predicted molar refractivity (Wildman–Crippen MR) is 86.9 cm³/mol. The molecule has 0 saturated carbocycles. The highest BCUT2D eigenvalue weighted by atomic mass is 35.5. The second-order valence-corrected chi connectivity index (χ2v) is 6.35. The highest BCUT2D eigenvalue weighted by Crippen LogP contribution is 2.38. The second kappa shape index (κ2) is 6.55. The number of ether oxygens (including phenoxy) is 2. The summed E-state index contributed by atoms with van der Waals surface area (Å²) in [5.74, 6) is 0.719. The van der Waals surface area contributed by atoms with Crippen molar-refractivity contribution in [3.63, 3.8) is 0 Å². The molecule has 1 amide bonds. The van der Waals surface area contributed by atoms with Crippen molar-refractivity contribution in [2.45, 2.75) is 13.3 Å². The summed E-state index contributed by atoms with van der Waals surface area (Å²) in [5.41, 5.74) is 0.708. The summed E-state index contributed by atoms with van der Waals surface area (Å²) in [6.45, 7) is 2.36. The first kappa shape index (κ1) is 15.8. The number of rotatable bonds is 4. The Morgan fingerprint density at radius 1 is 1.35 bits per heavy atom. The molecule has 0 unspecified atom stereocenters. The van der Waals surface area contributed by atoms with E-state index in [4.69, 9.17) is 21.1 Å². The van der Waals surface area contributed by atoms with Crippen LogP contribution in [0.2, 0.25) is 5.02 Å². The molecule has 1 aromatic heterocycles. The SMILES string of the molecule is CC(=O)c1cnc(NC(=O)Cc2cc(Cl)c3c(c2)OCCO3)s1. The molecule has 0 atom stereocenters. The summed E-state index contributed by atoms with van der Waals surface area (Å²) in [6.07, 6.45) is 1.56. The molecule has 1 aliphatic heterocycles. The van der Waals surface area contributed by atoms with E-state index in [0.29, 0.717) is 45.3 Å². The van der Waals surface area contributed by atoms with E-state index < -0.39 is 0 Å². The molecule has 2 aromatic rings. The van der Waals surface area contributed by atoms with Gasteiger partial charge in [-0.1, -0.05) is 22.9 Å². The Labute approximate surface area is 141 Å². The number of aromatic nitrogens is 1. The number of halogens is 1. The van der Waals surface area contributed by atoms with E-state index in [1.807, 2.05) is 0 Å². The lowest BCUT2D eigenvalue weighted by atomic mass is 10.1. The Morgan fingerprint density at radius 2 is 2.13 bits per heavy atom. The lowest BCUT2D eigenvalue weighted by Gasteiger charge is -2.20. The number of hydrogen-bond acceptors (Lipinski definition) is 6. The van der Waals surface area contributed by atoms with Gasteiger partial charge < -0.3 is 14.8 Å². The van der Waals surface area contributed by atoms with Crippen LogP contribution in [0.5, 0.6) is 11.5 Å². The molecule has 0 fully saturated rings. The van der Waals surface area contributed by atoms with E-state index >= 15 is 0 Å². The van der Waals surface area contributed by atoms with Crippen molar-refractivity contribution in [1.82, 2.24) is 4.98 Å². The van der Waals surface area contributed by atoms with E-state index in [2.05, 4.69) is 10.3 Å². The van der Waals surface area contributed by atoms with Gasteiger partial charge in [-0.2, -0.15) is 0 Å². The highest BCUT2D eigenvalue weighted by molar-refractivity contribution is 7.17. The van der Waals surface area contributed by atoms with Crippen molar-refractivity contribution >= 4 is 39.8 Å². The predicted octanol–water partition coefficient (Wildman–Crippen LogP) is 2.95. The van der Waals surface area contributed by atoms with Crippen LogP contribution in [-0.4, -0.2) is 29.9 Å². The van der Waals surface area contributed by atoms with Crippen molar-refractivity contribution < 1.29 is 19.1 Å². The number of ketones is 1. The Hall–Kier alpha value is -2.12. The zero-order valence-electron chi connectivity index (χ0n) is 12.2. The van der Waals surface area contributed by atoms with Crippen LogP contribution in [0, 0.1) is 0 Å². The highest BCUT2D eigenvalue weighted by Gasteiger charge is 2.18. The van der Waals surface area contributed by atoms with Gasteiger partial charge in [0, 0.05) is 6.92 Å². The van der Waals surface area contributed by atoms with Gasteiger partial charge in [0.05, 0.1) is 22.5 Å². The maximum atomic E-state index is 12.1. The van der Waals surface area contributed by atoms with Crippen LogP contribution >= 0.6 is 22.9 Å². The fourth-order valence-corrected chi connectivity index (χ4v) is 3.13. The molecule has 0 aliphatic carbocycles. The minimum atomic E-state index is -0.248. The Balaban J connectivity index is 1.70. The Morgan fingerprint density at radius 3 is 2.87 bits per heavy atom. The van der Waals surface area contributed by atoms with E-state index in [1.54, 1.807) is 12.1 Å². The van der Waals surface area contributed by atoms with Gasteiger partial charge >= 0.3 is 0 Å². The van der Waals surface area contributed by atoms with Gasteiger partial charge in [0.15, 0.2) is 22.4 Å². The number of carbonyl (C=O) groups excluding carboxylic acids is 2. The number of benzene rings is 1. The summed E-state index contributed by atoms with van der Waals surface area (Å²) in [6, 6.07) is 3.42. The van der Waals surface area contributed by atoms with Gasteiger partial charge in [0.2, 0.25) is 5.91 Å². The number of anilines is 1. The molecule has 120 valence electrons. The molecule has 3 rings (SSSR count). The lowest BCUT2D eigenvalue weighted by molar-refractivity contribution is -0.115. The van der Waals surface area contributed by atoms with Crippen LogP contribution in [0.3, 0.4) is 0 Å². The molecular formula is C15H13ClN2O4S. The molecule has 1 N–H and O–H groups in total. The van der Waals surface area contributed by atoms with E-state index in [0.717, 1.165) is 11.3 Å². The molecule has 0 radical (unpaired) electrons. The van der Waals surface area contributed by atoms with Gasteiger partial charge in [0.1, 0.15) is 13.2 Å². The Bertz CT molecular complexity index is 775. The molecule has 0 bridgehead atoms. The summed E-state index contributed by atoms with van der Waals surface area (Å²) < 4.78 is 10.9. The third-order valence-electron chi connectivity index (χ3n) is 3.12. The van der Waals surface area contributed by atoms with Crippen molar-refractivity contribution in [1.29, 1.82) is 0 Å². The molecule has 8 heteroatoms. The van der Waals surface area contributed by atoms with Crippen LogP contribution < -0.4 is 14.8 Å². The molecule has 23 heavy (non-hydrogen) atoms. The number of thiazole rings is 1. The van der Waals surface area contributed by atoms with Gasteiger partial charge in [-0.15, -0.1) is 0 Å². The molecule has 0 spiro atoms. The normalized spacial score (nSPS) is 12.8. The lowest BCUT2D eigenvalue weighted by Crippen LogP contribution is -2.17. The number of fused-ring (bicyclic) bond motifs is 1. The zero-order chi connectivity index (χ0) is 16.4. The third kappa shape index (κ3) is 3.62. The minimum Gasteiger partial charge on any atom is -0.486 e. The largest absolute Gasteiger partial charge is 0.486 e. The van der Waals surface area contributed by atoms with Crippen molar-refractivity contribution in [3.8, 4) is 11.5 Å². The number of hydrogen-bond donors (Lipinski definition) is 1. The smallest absolute Gasteiger partial charge is 0.230 e. The van der Waals surface area contributed by atoms with Gasteiger partial charge in [0.25, 0.3) is 0 Å². The van der Waals surface area contributed by atoms with Crippen molar-refractivity contribution in [2.75, 3.05) is 18.5 Å². The molecule has 1 aliphatic rings. The topological polar surface area (TPSA) is 77.5 Å². The molecular weight excluding hydrogens is 340 g/mol. The summed E-state index contributed by atoms with van der Waals surface area (Å²) in [7, 11) is 0. The van der Waals surface area contributed by atoms with E-state index in [-0.39, 0.29) is 18.1 Å². The number of nitrogens with zero attached hydrogens (tertiary/aromatic N) is 1. The van der Waals surface area contributed by atoms with Crippen molar-refractivity contribution in [3.05, 3.63) is 33.8 Å². The van der Waals surface area contributed by atoms with Crippen molar-refractivity contribution in [2.24, 2.45) is 0 Å². The standard InChI is InChI=1S/C15H13ClN2O4S/c1-8(19)12-7-17-15(23-12)18-13(20)6-9-4-10(16)14-11(5-9)21-2-3-22-14/h4-5,7H,2-3,6H2,1H3,(H,17,18,20). The summed E-state index contributed by atoms with van der Waals surface area (Å²) in [5, 5.41) is 3.47. The fraction of sp³-hybridized carbons (Fsp3) is 0.267. The maximum absolute atomic E-state index is 12.1. The molecule has 1 aromatic carbocycles. The molecule has 2 heterocycles. The maximum Gasteiger partial charge on any atom is 0.230 e. The number of Topliss-reactive ketones (excluding diaryl/α,β-unsaturated/α-hetero) is 1. The van der Waals surface area contributed by atoms with Crippen LogP contribution in [0.25, 0.3) is 0 Å². The second-order valence-electron chi connectivity index (χ2n) is 4.91. The average molecular weight is 353 g/mol. The van der Waals surface area contributed by atoms with Gasteiger partial charge in [-0.05, 0) is 17.7 Å². The third-order valence-corrected chi connectivity index (χ3v) is 4.41. The molecule has 6 nitrogen and oxygen atoms in total. The Kier molecular flexibility index (Phi) is 4.49. The minimum absolute atomic E-state index is 0.0818. The van der Waals surface area contributed by atoms with Gasteiger partial charge in [-0.25, -0.2) is 4.98 Å².